The molecule has 2 aromatic carbocycles. The van der Waals surface area contributed by atoms with Crippen LogP contribution < -0.4 is 10.2 Å². The summed E-state index contributed by atoms with van der Waals surface area (Å²) in [5.41, 5.74) is 0.870. The number of nitrogens with one attached hydrogen (secondary N) is 1. The molecule has 2 heterocycles. The number of hydrogen-bond acceptors (Lipinski definition) is 4. The van der Waals surface area contributed by atoms with E-state index < -0.39 is 23.4 Å². The summed E-state index contributed by atoms with van der Waals surface area (Å²) in [5.74, 6) is -0.160. The van der Waals surface area contributed by atoms with Gasteiger partial charge >= 0.3 is 12.3 Å². The topological polar surface area (TPSA) is 61.9 Å². The number of rotatable bonds is 2. The molecule has 1 N–H and O–H groups in total. The first kappa shape index (κ1) is 24.6. The van der Waals surface area contributed by atoms with E-state index in [0.717, 1.165) is 11.8 Å². The first-order valence-corrected chi connectivity index (χ1v) is 11.4. The highest BCUT2D eigenvalue weighted by Crippen LogP contribution is 2.36. The molecule has 0 radical (unpaired) electrons. The van der Waals surface area contributed by atoms with Gasteiger partial charge in [-0.25, -0.2) is 4.79 Å². The lowest BCUT2D eigenvalue weighted by molar-refractivity contribution is -0.137. The maximum absolute atomic E-state index is 13.3. The zero-order valence-electron chi connectivity index (χ0n) is 19.9. The Morgan fingerprint density at radius 1 is 1.09 bits per heavy atom. The molecule has 0 spiro atoms. The molecule has 0 aromatic heterocycles. The van der Waals surface area contributed by atoms with Crippen LogP contribution in [-0.4, -0.2) is 48.2 Å². The Balaban J connectivity index is 1.59. The van der Waals surface area contributed by atoms with Crippen molar-refractivity contribution in [3.63, 3.8) is 0 Å². The maximum atomic E-state index is 13.3. The molecular formula is C26H28F3N3O3. The van der Waals surface area contributed by atoms with E-state index in [1.54, 1.807) is 49.9 Å². The zero-order valence-corrected chi connectivity index (χ0v) is 19.9. The van der Waals surface area contributed by atoms with E-state index in [2.05, 4.69) is 10.2 Å². The van der Waals surface area contributed by atoms with E-state index in [9.17, 15) is 22.8 Å². The van der Waals surface area contributed by atoms with Gasteiger partial charge in [0.15, 0.2) is 0 Å². The molecule has 9 heteroatoms. The molecule has 1 saturated heterocycles. The normalized spacial score (nSPS) is 18.6. The molecule has 186 valence electrons. The molecule has 6 nitrogen and oxygen atoms in total. The molecule has 2 aliphatic rings. The highest BCUT2D eigenvalue weighted by atomic mass is 19.4. The second-order valence-electron chi connectivity index (χ2n) is 9.72. The Morgan fingerprint density at radius 2 is 1.83 bits per heavy atom. The number of benzene rings is 2. The predicted molar refractivity (Wildman–Crippen MR) is 129 cm³/mol. The molecule has 0 bridgehead atoms. The number of fused-ring (bicyclic) bond motifs is 3. The molecular weight excluding hydrogens is 459 g/mol. The van der Waals surface area contributed by atoms with Gasteiger partial charge in [0.2, 0.25) is 5.91 Å². The van der Waals surface area contributed by atoms with Gasteiger partial charge in [-0.2, -0.15) is 13.2 Å². The van der Waals surface area contributed by atoms with Crippen molar-refractivity contribution in [1.29, 1.82) is 0 Å². The number of piperazine rings is 1. The molecule has 0 saturated carbocycles. The number of halogens is 3. The number of alkyl halides is 3. The van der Waals surface area contributed by atoms with Gasteiger partial charge in [-0.3, -0.25) is 4.79 Å². The van der Waals surface area contributed by atoms with Crippen molar-refractivity contribution in [3.05, 3.63) is 59.2 Å². The lowest BCUT2D eigenvalue weighted by atomic mass is 10.0. The van der Waals surface area contributed by atoms with Crippen LogP contribution in [0.3, 0.4) is 0 Å². The fraction of sp³-hybridized carbons (Fsp3) is 0.385. The Labute approximate surface area is 202 Å². The van der Waals surface area contributed by atoms with Crippen LogP contribution in [0.1, 0.15) is 43.9 Å². The monoisotopic (exact) mass is 487 g/mol. The Bertz CT molecular complexity index is 1150. The minimum absolute atomic E-state index is 0.0760. The highest BCUT2D eigenvalue weighted by Gasteiger charge is 2.36. The van der Waals surface area contributed by atoms with E-state index in [1.165, 1.54) is 18.2 Å². The van der Waals surface area contributed by atoms with Crippen molar-refractivity contribution >= 4 is 35.5 Å². The first-order chi connectivity index (χ1) is 16.4. The van der Waals surface area contributed by atoms with Crippen molar-refractivity contribution in [2.75, 3.05) is 29.9 Å². The van der Waals surface area contributed by atoms with E-state index in [0.29, 0.717) is 30.9 Å². The van der Waals surface area contributed by atoms with E-state index in [4.69, 9.17) is 4.74 Å². The third-order valence-electron chi connectivity index (χ3n) is 5.88. The second kappa shape index (κ2) is 9.28. The largest absolute Gasteiger partial charge is 0.444 e. The van der Waals surface area contributed by atoms with Gasteiger partial charge in [-0.1, -0.05) is 36.4 Å². The standard InChI is InChI=1S/C26H28F3N3O3/c1-25(2,3)35-24(34)31-12-13-32-19(16-31)15-23(33)30-21-11-9-17(14-22(21)32)8-10-18-6-4-5-7-20(18)26(27,28)29/h4-11,14,19H,12-13,15-16H2,1-3H3,(H,30,33)/b10-8+. The predicted octanol–water partition coefficient (Wildman–Crippen LogP) is 5.64. The lowest BCUT2D eigenvalue weighted by Crippen LogP contribution is -2.55. The second-order valence-corrected chi connectivity index (χ2v) is 9.72. The summed E-state index contributed by atoms with van der Waals surface area (Å²) in [6, 6.07) is 10.5. The lowest BCUT2D eigenvalue weighted by Gasteiger charge is -2.42. The number of anilines is 2. The number of ether oxygens (including phenoxy) is 1. The van der Waals surface area contributed by atoms with Gasteiger partial charge in [0, 0.05) is 26.1 Å². The van der Waals surface area contributed by atoms with Crippen LogP contribution in [0.25, 0.3) is 12.2 Å². The number of carbonyl (C=O) groups is 2. The van der Waals surface area contributed by atoms with E-state index in [-0.39, 0.29) is 23.9 Å². The summed E-state index contributed by atoms with van der Waals surface area (Å²) in [6.45, 7) is 6.67. The quantitative estimate of drug-likeness (QED) is 0.557. The average Bonchev–Trinajstić information content (AvgIpc) is 2.90. The van der Waals surface area contributed by atoms with Gasteiger partial charge in [-0.05, 0) is 50.1 Å². The van der Waals surface area contributed by atoms with Gasteiger partial charge in [0.25, 0.3) is 0 Å². The Kier molecular flexibility index (Phi) is 6.53. The number of carbonyl (C=O) groups excluding carboxylic acids is 2. The first-order valence-electron chi connectivity index (χ1n) is 11.4. The van der Waals surface area contributed by atoms with Crippen LogP contribution >= 0.6 is 0 Å². The SMILES string of the molecule is CC(C)(C)OC(=O)N1CCN2c3cc(/C=C/c4ccccc4C(F)(F)F)ccc3NC(=O)CC2C1. The van der Waals surface area contributed by atoms with Crippen LogP contribution in [0.15, 0.2) is 42.5 Å². The molecule has 1 fully saturated rings. The van der Waals surface area contributed by atoms with Crippen LogP contribution in [0, 0.1) is 0 Å². The van der Waals surface area contributed by atoms with Crippen LogP contribution in [-0.2, 0) is 15.7 Å². The van der Waals surface area contributed by atoms with Gasteiger partial charge in [0.1, 0.15) is 5.60 Å². The van der Waals surface area contributed by atoms with Crippen molar-refractivity contribution in [3.8, 4) is 0 Å². The molecule has 4 rings (SSSR count). The molecule has 1 atom stereocenters. The number of hydrogen-bond donors (Lipinski definition) is 1. The average molecular weight is 488 g/mol. The third-order valence-corrected chi connectivity index (χ3v) is 5.88. The highest BCUT2D eigenvalue weighted by molar-refractivity contribution is 5.97. The number of nitrogens with zero attached hydrogens (tertiary/aromatic N) is 2. The molecule has 2 amide bonds. The van der Waals surface area contributed by atoms with Crippen molar-refractivity contribution in [2.24, 2.45) is 0 Å². The van der Waals surface area contributed by atoms with Crippen molar-refractivity contribution in [2.45, 2.75) is 45.0 Å². The van der Waals surface area contributed by atoms with Gasteiger partial charge in [-0.15, -0.1) is 0 Å². The van der Waals surface area contributed by atoms with Gasteiger partial charge in [0.05, 0.1) is 23.0 Å². The molecule has 35 heavy (non-hydrogen) atoms. The maximum Gasteiger partial charge on any atom is 0.416 e. The van der Waals surface area contributed by atoms with Gasteiger partial charge < -0.3 is 19.9 Å². The van der Waals surface area contributed by atoms with Crippen LogP contribution in [0.2, 0.25) is 0 Å². The summed E-state index contributed by atoms with van der Waals surface area (Å²) >= 11 is 0. The van der Waals surface area contributed by atoms with Crippen molar-refractivity contribution < 1.29 is 27.5 Å². The summed E-state index contributed by atoms with van der Waals surface area (Å²) < 4.78 is 45.5. The number of amides is 2. The molecule has 0 aliphatic carbocycles. The van der Waals surface area contributed by atoms with Crippen LogP contribution in [0.5, 0.6) is 0 Å². The summed E-state index contributed by atoms with van der Waals surface area (Å²) in [7, 11) is 0. The summed E-state index contributed by atoms with van der Waals surface area (Å²) in [4.78, 5) is 28.8. The Hall–Kier alpha value is -3.49. The summed E-state index contributed by atoms with van der Waals surface area (Å²) in [6.07, 6.45) is -1.58. The van der Waals surface area contributed by atoms with E-state index >= 15 is 0 Å². The fourth-order valence-electron chi connectivity index (χ4n) is 4.34. The molecule has 2 aliphatic heterocycles. The Morgan fingerprint density at radius 3 is 2.54 bits per heavy atom. The summed E-state index contributed by atoms with van der Waals surface area (Å²) in [5, 5.41) is 2.90. The minimum Gasteiger partial charge on any atom is -0.444 e. The molecule has 1 unspecified atom stereocenters. The van der Waals surface area contributed by atoms with E-state index in [1.807, 2.05) is 6.07 Å². The minimum atomic E-state index is -4.44. The van der Waals surface area contributed by atoms with Crippen molar-refractivity contribution in [1.82, 2.24) is 4.90 Å². The third kappa shape index (κ3) is 5.78. The van der Waals surface area contributed by atoms with Crippen LogP contribution in [0.4, 0.5) is 29.3 Å². The fourth-order valence-corrected chi connectivity index (χ4v) is 4.34. The zero-order chi connectivity index (χ0) is 25.4. The molecule has 2 aromatic rings. The smallest absolute Gasteiger partial charge is 0.416 e.